The molecule has 1 fully saturated rings. The van der Waals surface area contributed by atoms with Crippen LogP contribution < -0.4 is 5.73 Å². The van der Waals surface area contributed by atoms with Crippen molar-refractivity contribution in [1.82, 2.24) is 0 Å². The number of hydrogen-bond donors (Lipinski definition) is 2. The van der Waals surface area contributed by atoms with Crippen molar-refractivity contribution >= 4 is 0 Å². The molecule has 0 aromatic rings. The first-order valence-electron chi connectivity index (χ1n) is 6.11. The molecule has 4 unspecified atom stereocenters. The largest absolute Gasteiger partial charge is 0.391 e. The average molecular weight is 215 g/mol. The van der Waals surface area contributed by atoms with Gasteiger partial charge in [-0.1, -0.05) is 19.8 Å². The summed E-state index contributed by atoms with van der Waals surface area (Å²) in [4.78, 5) is 0. The lowest BCUT2D eigenvalue weighted by molar-refractivity contribution is -0.136. The maximum absolute atomic E-state index is 9.48. The summed E-state index contributed by atoms with van der Waals surface area (Å²) in [5.41, 5.74) is 5.70. The third-order valence-corrected chi connectivity index (χ3v) is 3.83. The summed E-state index contributed by atoms with van der Waals surface area (Å²) < 4.78 is 6.04. The maximum atomic E-state index is 9.48. The van der Waals surface area contributed by atoms with E-state index in [1.807, 2.05) is 6.92 Å². The standard InChI is InChI=1S/C12H25NO2/c1-4-11-6-5-7-12(11,8-13)15-10(3)9(2)14/h9-11,14H,4-8,13H2,1-3H3. The minimum Gasteiger partial charge on any atom is -0.391 e. The molecule has 0 aromatic carbocycles. The molecule has 4 atom stereocenters. The van der Waals surface area contributed by atoms with Gasteiger partial charge in [0.15, 0.2) is 0 Å². The van der Waals surface area contributed by atoms with Gasteiger partial charge in [-0.3, -0.25) is 0 Å². The Morgan fingerprint density at radius 1 is 1.53 bits per heavy atom. The van der Waals surface area contributed by atoms with Crippen molar-refractivity contribution in [2.75, 3.05) is 6.54 Å². The summed E-state index contributed by atoms with van der Waals surface area (Å²) in [6.45, 7) is 6.46. The van der Waals surface area contributed by atoms with E-state index >= 15 is 0 Å². The van der Waals surface area contributed by atoms with E-state index in [0.29, 0.717) is 12.5 Å². The quantitative estimate of drug-likeness (QED) is 0.733. The predicted octanol–water partition coefficient (Wildman–Crippen LogP) is 1.68. The lowest BCUT2D eigenvalue weighted by atomic mass is 9.88. The van der Waals surface area contributed by atoms with Crippen LogP contribution in [0.5, 0.6) is 0 Å². The van der Waals surface area contributed by atoms with E-state index in [4.69, 9.17) is 10.5 Å². The van der Waals surface area contributed by atoms with E-state index in [2.05, 4.69) is 6.92 Å². The van der Waals surface area contributed by atoms with E-state index in [9.17, 15) is 5.11 Å². The van der Waals surface area contributed by atoms with E-state index in [1.54, 1.807) is 6.92 Å². The van der Waals surface area contributed by atoms with Crippen LogP contribution in [0.3, 0.4) is 0 Å². The van der Waals surface area contributed by atoms with Crippen molar-refractivity contribution < 1.29 is 9.84 Å². The summed E-state index contributed by atoms with van der Waals surface area (Å²) >= 11 is 0. The molecule has 3 nitrogen and oxygen atoms in total. The van der Waals surface area contributed by atoms with Crippen LogP contribution in [0.2, 0.25) is 0 Å². The molecular formula is C12H25NO2. The Balaban J connectivity index is 2.67. The fraction of sp³-hybridized carbons (Fsp3) is 1.00. The Labute approximate surface area is 93.0 Å². The van der Waals surface area contributed by atoms with Crippen molar-refractivity contribution in [3.05, 3.63) is 0 Å². The van der Waals surface area contributed by atoms with Gasteiger partial charge >= 0.3 is 0 Å². The number of aliphatic hydroxyl groups excluding tert-OH is 1. The second-order valence-corrected chi connectivity index (χ2v) is 4.83. The molecule has 1 aliphatic carbocycles. The maximum Gasteiger partial charge on any atom is 0.0836 e. The highest BCUT2D eigenvalue weighted by molar-refractivity contribution is 4.95. The molecule has 0 heterocycles. The van der Waals surface area contributed by atoms with Gasteiger partial charge in [0, 0.05) is 6.54 Å². The lowest BCUT2D eigenvalue weighted by Gasteiger charge is -2.37. The summed E-state index contributed by atoms with van der Waals surface area (Å²) in [6, 6.07) is 0. The third-order valence-electron chi connectivity index (χ3n) is 3.83. The highest BCUT2D eigenvalue weighted by Crippen LogP contribution is 2.41. The van der Waals surface area contributed by atoms with Gasteiger partial charge < -0.3 is 15.6 Å². The monoisotopic (exact) mass is 215 g/mol. The number of nitrogens with two attached hydrogens (primary N) is 1. The SMILES string of the molecule is CCC1CCCC1(CN)OC(C)C(C)O. The minimum atomic E-state index is -0.425. The molecule has 3 heteroatoms. The van der Waals surface area contributed by atoms with Gasteiger partial charge in [-0.2, -0.15) is 0 Å². The van der Waals surface area contributed by atoms with Crippen LogP contribution in [0.4, 0.5) is 0 Å². The van der Waals surface area contributed by atoms with Gasteiger partial charge in [-0.25, -0.2) is 0 Å². The topological polar surface area (TPSA) is 55.5 Å². The summed E-state index contributed by atoms with van der Waals surface area (Å²) in [6.07, 6.45) is 4.01. The fourth-order valence-corrected chi connectivity index (χ4v) is 2.63. The first-order valence-corrected chi connectivity index (χ1v) is 6.11. The molecular weight excluding hydrogens is 190 g/mol. The van der Waals surface area contributed by atoms with Gasteiger partial charge in [-0.05, 0) is 32.6 Å². The van der Waals surface area contributed by atoms with Crippen molar-refractivity contribution in [2.24, 2.45) is 11.7 Å². The fourth-order valence-electron chi connectivity index (χ4n) is 2.63. The van der Waals surface area contributed by atoms with Crippen LogP contribution in [0.1, 0.15) is 46.5 Å². The molecule has 0 aliphatic heterocycles. The van der Waals surface area contributed by atoms with Crippen molar-refractivity contribution in [3.63, 3.8) is 0 Å². The lowest BCUT2D eigenvalue weighted by Crippen LogP contribution is -2.47. The highest BCUT2D eigenvalue weighted by atomic mass is 16.5. The molecule has 3 N–H and O–H groups in total. The van der Waals surface area contributed by atoms with Gasteiger partial charge in [-0.15, -0.1) is 0 Å². The first-order chi connectivity index (χ1) is 7.05. The molecule has 90 valence electrons. The second kappa shape index (κ2) is 5.28. The Morgan fingerprint density at radius 2 is 2.20 bits per heavy atom. The highest BCUT2D eigenvalue weighted by Gasteiger charge is 2.43. The van der Waals surface area contributed by atoms with Crippen LogP contribution >= 0.6 is 0 Å². The van der Waals surface area contributed by atoms with Crippen LogP contribution in [0.15, 0.2) is 0 Å². The van der Waals surface area contributed by atoms with E-state index < -0.39 is 6.10 Å². The van der Waals surface area contributed by atoms with Gasteiger partial charge in [0.1, 0.15) is 0 Å². The zero-order chi connectivity index (χ0) is 11.5. The van der Waals surface area contributed by atoms with E-state index in [-0.39, 0.29) is 11.7 Å². The van der Waals surface area contributed by atoms with Crippen molar-refractivity contribution in [3.8, 4) is 0 Å². The Kier molecular flexibility index (Phi) is 4.56. The van der Waals surface area contributed by atoms with Crippen molar-refractivity contribution in [1.29, 1.82) is 0 Å². The van der Waals surface area contributed by atoms with Crippen LogP contribution in [-0.2, 0) is 4.74 Å². The van der Waals surface area contributed by atoms with Crippen LogP contribution in [0, 0.1) is 5.92 Å². The number of hydrogen-bond acceptors (Lipinski definition) is 3. The smallest absolute Gasteiger partial charge is 0.0836 e. The summed E-state index contributed by atoms with van der Waals surface area (Å²) in [5.74, 6) is 0.559. The van der Waals surface area contributed by atoms with Gasteiger partial charge in [0.05, 0.1) is 17.8 Å². The number of rotatable bonds is 5. The molecule has 0 radical (unpaired) electrons. The predicted molar refractivity (Wildman–Crippen MR) is 61.6 cm³/mol. The Bertz CT molecular complexity index is 196. The first kappa shape index (κ1) is 12.9. The Hall–Kier alpha value is -0.120. The van der Waals surface area contributed by atoms with Gasteiger partial charge in [0.2, 0.25) is 0 Å². The zero-order valence-electron chi connectivity index (χ0n) is 10.2. The zero-order valence-corrected chi connectivity index (χ0v) is 10.2. The molecule has 1 rings (SSSR count). The van der Waals surface area contributed by atoms with E-state index in [1.165, 1.54) is 12.8 Å². The number of ether oxygens (including phenoxy) is 1. The van der Waals surface area contributed by atoms with E-state index in [0.717, 1.165) is 12.8 Å². The summed E-state index contributed by atoms with van der Waals surface area (Å²) in [7, 11) is 0. The van der Waals surface area contributed by atoms with Crippen LogP contribution in [-0.4, -0.2) is 29.5 Å². The molecule has 0 amide bonds. The molecule has 1 saturated carbocycles. The minimum absolute atomic E-state index is 0.124. The average Bonchev–Trinajstić information content (AvgIpc) is 2.61. The normalized spacial score (nSPS) is 35.4. The molecule has 0 saturated heterocycles. The molecule has 0 aromatic heterocycles. The molecule has 1 aliphatic rings. The summed E-state index contributed by atoms with van der Waals surface area (Å²) in [5, 5.41) is 9.48. The van der Waals surface area contributed by atoms with Crippen molar-refractivity contribution in [2.45, 2.75) is 64.3 Å². The number of aliphatic hydroxyl groups is 1. The molecule has 0 bridgehead atoms. The molecule has 0 spiro atoms. The Morgan fingerprint density at radius 3 is 2.67 bits per heavy atom. The van der Waals surface area contributed by atoms with Gasteiger partial charge in [0.25, 0.3) is 0 Å². The third kappa shape index (κ3) is 2.71. The van der Waals surface area contributed by atoms with Crippen LogP contribution in [0.25, 0.3) is 0 Å². The second-order valence-electron chi connectivity index (χ2n) is 4.83. The molecule has 15 heavy (non-hydrogen) atoms.